The Bertz CT molecular complexity index is 443. The lowest BCUT2D eigenvalue weighted by Crippen LogP contribution is -1.94. The van der Waals surface area contributed by atoms with Crippen LogP contribution in [0.25, 0.3) is 0 Å². The molecule has 1 heteroatoms. The minimum Gasteiger partial charge on any atom is -0.398 e. The van der Waals surface area contributed by atoms with E-state index in [1.165, 1.54) is 16.7 Å². The number of para-hydroxylation sites is 1. The quantitative estimate of drug-likeness (QED) is 0.735. The Hall–Kier alpha value is -1.76. The topological polar surface area (TPSA) is 26.0 Å². The maximum Gasteiger partial charge on any atom is 0.0349 e. The Kier molecular flexibility index (Phi) is 2.72. The van der Waals surface area contributed by atoms with Gasteiger partial charge >= 0.3 is 0 Å². The smallest absolute Gasteiger partial charge is 0.0349 e. The van der Waals surface area contributed by atoms with Gasteiger partial charge in [0.1, 0.15) is 0 Å². The van der Waals surface area contributed by atoms with Crippen LogP contribution in [0.2, 0.25) is 0 Å². The maximum atomic E-state index is 5.90. The van der Waals surface area contributed by atoms with Gasteiger partial charge in [-0.25, -0.2) is 0 Å². The molecule has 0 heterocycles. The third kappa shape index (κ3) is 2.38. The van der Waals surface area contributed by atoms with Crippen molar-refractivity contribution in [3.8, 4) is 0 Å². The molecule has 0 bridgehead atoms. The molecule has 2 rings (SSSR count). The van der Waals surface area contributed by atoms with Crippen molar-refractivity contribution in [2.75, 3.05) is 5.73 Å². The van der Waals surface area contributed by atoms with E-state index in [2.05, 4.69) is 37.3 Å². The molecule has 1 nitrogen and oxygen atoms in total. The fourth-order valence-corrected chi connectivity index (χ4v) is 1.62. The zero-order valence-corrected chi connectivity index (χ0v) is 8.90. The predicted molar refractivity (Wildman–Crippen MR) is 64.8 cm³/mol. The van der Waals surface area contributed by atoms with Gasteiger partial charge in [0.2, 0.25) is 0 Å². The molecule has 0 amide bonds. The van der Waals surface area contributed by atoms with Gasteiger partial charge in [0.15, 0.2) is 0 Å². The van der Waals surface area contributed by atoms with Crippen molar-refractivity contribution < 1.29 is 0 Å². The van der Waals surface area contributed by atoms with E-state index in [4.69, 9.17) is 5.73 Å². The van der Waals surface area contributed by atoms with Crippen molar-refractivity contribution >= 4 is 5.69 Å². The van der Waals surface area contributed by atoms with Crippen molar-refractivity contribution in [2.24, 2.45) is 0 Å². The first-order chi connectivity index (χ1) is 7.25. The molecule has 0 spiro atoms. The second kappa shape index (κ2) is 4.18. The molecule has 2 aromatic carbocycles. The zero-order valence-electron chi connectivity index (χ0n) is 8.90. The van der Waals surface area contributed by atoms with E-state index >= 15 is 0 Å². The molecule has 0 aromatic heterocycles. The van der Waals surface area contributed by atoms with Crippen molar-refractivity contribution in [3.63, 3.8) is 0 Å². The summed E-state index contributed by atoms with van der Waals surface area (Å²) in [5.74, 6) is 0. The molecule has 0 fully saturated rings. The summed E-state index contributed by atoms with van der Waals surface area (Å²) in [6.07, 6.45) is 0.910. The fourth-order valence-electron chi connectivity index (χ4n) is 1.62. The summed E-state index contributed by atoms with van der Waals surface area (Å²) in [6.45, 7) is 2.10. The van der Waals surface area contributed by atoms with E-state index < -0.39 is 0 Å². The minimum atomic E-state index is 0.873. The molecule has 0 saturated heterocycles. The molecular formula is C14H15N. The Morgan fingerprint density at radius 2 is 1.60 bits per heavy atom. The van der Waals surface area contributed by atoms with Crippen LogP contribution in [0.1, 0.15) is 16.7 Å². The molecule has 0 atom stereocenters. The number of nitrogen functional groups attached to an aromatic ring is 1. The van der Waals surface area contributed by atoms with Crippen LogP contribution in [0.4, 0.5) is 5.69 Å². The van der Waals surface area contributed by atoms with Gasteiger partial charge in [0.05, 0.1) is 0 Å². The van der Waals surface area contributed by atoms with Gasteiger partial charge in [-0.15, -0.1) is 0 Å². The largest absolute Gasteiger partial charge is 0.398 e. The first kappa shape index (κ1) is 9.78. The molecule has 76 valence electrons. The van der Waals surface area contributed by atoms with Crippen molar-refractivity contribution in [1.82, 2.24) is 0 Å². The average molecular weight is 197 g/mol. The average Bonchev–Trinajstić information content (AvgIpc) is 2.25. The van der Waals surface area contributed by atoms with Crippen LogP contribution in [0, 0.1) is 6.92 Å². The standard InChI is InChI=1S/C14H15N/c1-11-6-8-12(9-7-11)10-13-4-2-3-5-14(13)15/h2-9H,10,15H2,1H3. The summed E-state index contributed by atoms with van der Waals surface area (Å²) >= 11 is 0. The van der Waals surface area contributed by atoms with Crippen LogP contribution in [0.3, 0.4) is 0 Å². The van der Waals surface area contributed by atoms with Crippen molar-refractivity contribution in [1.29, 1.82) is 0 Å². The minimum absolute atomic E-state index is 0.873. The van der Waals surface area contributed by atoms with Gasteiger partial charge in [0, 0.05) is 5.69 Å². The van der Waals surface area contributed by atoms with Crippen LogP contribution in [-0.2, 0) is 6.42 Å². The molecule has 0 unspecified atom stereocenters. The number of benzene rings is 2. The van der Waals surface area contributed by atoms with Crippen molar-refractivity contribution in [2.45, 2.75) is 13.3 Å². The summed E-state index contributed by atoms with van der Waals surface area (Å²) in [7, 11) is 0. The molecular weight excluding hydrogens is 182 g/mol. The van der Waals surface area contributed by atoms with E-state index in [1.807, 2.05) is 18.2 Å². The number of nitrogens with two attached hydrogens (primary N) is 1. The summed E-state index contributed by atoms with van der Waals surface area (Å²) in [6, 6.07) is 16.6. The summed E-state index contributed by atoms with van der Waals surface area (Å²) in [5, 5.41) is 0. The molecule has 2 aromatic rings. The zero-order chi connectivity index (χ0) is 10.7. The predicted octanol–water partition coefficient (Wildman–Crippen LogP) is 3.17. The van der Waals surface area contributed by atoms with Gasteiger partial charge < -0.3 is 5.73 Å². The molecule has 0 aliphatic heterocycles. The van der Waals surface area contributed by atoms with E-state index in [0.29, 0.717) is 0 Å². The number of aryl methyl sites for hydroxylation is 1. The summed E-state index contributed by atoms with van der Waals surface area (Å²) < 4.78 is 0. The first-order valence-corrected chi connectivity index (χ1v) is 5.14. The van der Waals surface area contributed by atoms with E-state index in [9.17, 15) is 0 Å². The monoisotopic (exact) mass is 197 g/mol. The molecule has 2 N–H and O–H groups in total. The third-order valence-electron chi connectivity index (χ3n) is 2.57. The Morgan fingerprint density at radius 3 is 2.27 bits per heavy atom. The maximum absolute atomic E-state index is 5.90. The van der Waals surface area contributed by atoms with Crippen LogP contribution < -0.4 is 5.73 Å². The highest BCUT2D eigenvalue weighted by atomic mass is 14.6. The van der Waals surface area contributed by atoms with Crippen LogP contribution in [0.5, 0.6) is 0 Å². The van der Waals surface area contributed by atoms with Crippen LogP contribution >= 0.6 is 0 Å². The van der Waals surface area contributed by atoms with Crippen LogP contribution in [0.15, 0.2) is 48.5 Å². The third-order valence-corrected chi connectivity index (χ3v) is 2.57. The van der Waals surface area contributed by atoms with Crippen LogP contribution in [-0.4, -0.2) is 0 Å². The number of hydrogen-bond acceptors (Lipinski definition) is 1. The number of anilines is 1. The number of rotatable bonds is 2. The molecule has 0 radical (unpaired) electrons. The van der Waals surface area contributed by atoms with Gasteiger partial charge in [-0.3, -0.25) is 0 Å². The van der Waals surface area contributed by atoms with Gasteiger partial charge in [-0.2, -0.15) is 0 Å². The summed E-state index contributed by atoms with van der Waals surface area (Å²) in [5.41, 5.74) is 10.6. The molecule has 15 heavy (non-hydrogen) atoms. The lowest BCUT2D eigenvalue weighted by Gasteiger charge is -2.05. The molecule has 0 aliphatic carbocycles. The Morgan fingerprint density at radius 1 is 0.933 bits per heavy atom. The summed E-state index contributed by atoms with van der Waals surface area (Å²) in [4.78, 5) is 0. The van der Waals surface area contributed by atoms with Gasteiger partial charge in [-0.1, -0.05) is 48.0 Å². The lowest BCUT2D eigenvalue weighted by molar-refractivity contribution is 1.19. The number of hydrogen-bond donors (Lipinski definition) is 1. The van der Waals surface area contributed by atoms with Gasteiger partial charge in [0.25, 0.3) is 0 Å². The van der Waals surface area contributed by atoms with Crippen molar-refractivity contribution in [3.05, 3.63) is 65.2 Å². The normalized spacial score (nSPS) is 10.2. The molecule has 0 saturated carbocycles. The van der Waals surface area contributed by atoms with E-state index in [-0.39, 0.29) is 0 Å². The van der Waals surface area contributed by atoms with Gasteiger partial charge in [-0.05, 0) is 30.5 Å². The second-order valence-corrected chi connectivity index (χ2v) is 3.86. The second-order valence-electron chi connectivity index (χ2n) is 3.86. The SMILES string of the molecule is Cc1ccc(Cc2ccccc2N)cc1. The Balaban J connectivity index is 2.22. The first-order valence-electron chi connectivity index (χ1n) is 5.14. The lowest BCUT2D eigenvalue weighted by atomic mass is 10.0. The highest BCUT2D eigenvalue weighted by Gasteiger charge is 1.99. The Labute approximate surface area is 90.6 Å². The highest BCUT2D eigenvalue weighted by molar-refractivity contribution is 5.48. The molecule has 0 aliphatic rings. The highest BCUT2D eigenvalue weighted by Crippen LogP contribution is 2.16. The fraction of sp³-hybridized carbons (Fsp3) is 0.143. The van der Waals surface area contributed by atoms with E-state index in [1.54, 1.807) is 0 Å². The van der Waals surface area contributed by atoms with E-state index in [0.717, 1.165) is 12.1 Å².